The summed E-state index contributed by atoms with van der Waals surface area (Å²) in [5, 5.41) is 2.86. The molecule has 0 aliphatic heterocycles. The number of hydrogen-bond acceptors (Lipinski definition) is 3. The third-order valence-corrected chi connectivity index (χ3v) is 3.34. The Morgan fingerprint density at radius 1 is 1.37 bits per heavy atom. The van der Waals surface area contributed by atoms with Gasteiger partial charge in [-0.2, -0.15) is 0 Å². The summed E-state index contributed by atoms with van der Waals surface area (Å²) >= 11 is 3.31. The van der Waals surface area contributed by atoms with Gasteiger partial charge in [0, 0.05) is 35.5 Å². The van der Waals surface area contributed by atoms with Crippen LogP contribution >= 0.6 is 15.9 Å². The van der Waals surface area contributed by atoms with Gasteiger partial charge in [-0.05, 0) is 47.0 Å². The van der Waals surface area contributed by atoms with Crippen molar-refractivity contribution >= 4 is 27.5 Å². The van der Waals surface area contributed by atoms with Crippen LogP contribution in [0.1, 0.15) is 36.5 Å². The number of nitrogen functional groups attached to an aromatic ring is 1. The average Bonchev–Trinajstić information content (AvgIpc) is 2.40. The van der Waals surface area contributed by atoms with E-state index in [1.54, 1.807) is 18.2 Å². The van der Waals surface area contributed by atoms with Gasteiger partial charge in [-0.3, -0.25) is 4.79 Å². The van der Waals surface area contributed by atoms with Crippen molar-refractivity contribution in [3.8, 4) is 0 Å². The normalized spacial score (nSPS) is 10.4. The highest BCUT2D eigenvalue weighted by Gasteiger charge is 2.06. The van der Waals surface area contributed by atoms with Crippen LogP contribution < -0.4 is 11.1 Å². The van der Waals surface area contributed by atoms with Crippen molar-refractivity contribution < 1.29 is 9.53 Å². The van der Waals surface area contributed by atoms with Crippen molar-refractivity contribution in [2.45, 2.75) is 26.2 Å². The first-order valence-electron chi connectivity index (χ1n) is 6.56. The molecule has 4 nitrogen and oxygen atoms in total. The molecule has 0 saturated heterocycles. The Bertz CT molecular complexity index is 410. The molecule has 0 unspecified atom stereocenters. The monoisotopic (exact) mass is 328 g/mol. The fourth-order valence-corrected chi connectivity index (χ4v) is 1.87. The smallest absolute Gasteiger partial charge is 0.251 e. The summed E-state index contributed by atoms with van der Waals surface area (Å²) in [6.45, 7) is 4.24. The molecule has 0 aliphatic carbocycles. The van der Waals surface area contributed by atoms with E-state index in [0.717, 1.165) is 30.3 Å². The maximum Gasteiger partial charge on any atom is 0.251 e. The molecule has 0 bridgehead atoms. The molecule has 0 aromatic heterocycles. The van der Waals surface area contributed by atoms with E-state index in [0.29, 0.717) is 24.4 Å². The molecule has 0 aliphatic rings. The first-order chi connectivity index (χ1) is 9.15. The minimum atomic E-state index is -0.0886. The predicted octanol–water partition coefficient (Wildman–Crippen LogP) is 2.97. The van der Waals surface area contributed by atoms with E-state index in [4.69, 9.17) is 10.5 Å². The molecular weight excluding hydrogens is 308 g/mol. The van der Waals surface area contributed by atoms with Crippen LogP contribution in [0.4, 0.5) is 5.69 Å². The lowest BCUT2D eigenvalue weighted by Crippen LogP contribution is -2.25. The zero-order valence-electron chi connectivity index (χ0n) is 11.2. The number of amides is 1. The molecule has 0 radical (unpaired) electrons. The Balaban J connectivity index is 2.22. The maximum absolute atomic E-state index is 11.8. The lowest BCUT2D eigenvalue weighted by atomic mass is 10.2. The van der Waals surface area contributed by atoms with E-state index in [2.05, 4.69) is 28.2 Å². The first-order valence-corrected chi connectivity index (χ1v) is 7.35. The van der Waals surface area contributed by atoms with Crippen LogP contribution in [-0.2, 0) is 4.74 Å². The van der Waals surface area contributed by atoms with Gasteiger partial charge in [0.2, 0.25) is 0 Å². The van der Waals surface area contributed by atoms with Crippen molar-refractivity contribution in [3.05, 3.63) is 28.2 Å². The Morgan fingerprint density at radius 3 is 2.79 bits per heavy atom. The second-order valence-corrected chi connectivity index (χ2v) is 5.17. The first kappa shape index (κ1) is 16.0. The molecule has 3 N–H and O–H groups in total. The number of nitrogens with one attached hydrogen (secondary N) is 1. The molecule has 1 amide bonds. The highest BCUT2D eigenvalue weighted by molar-refractivity contribution is 9.10. The number of hydrogen-bond donors (Lipinski definition) is 2. The van der Waals surface area contributed by atoms with Gasteiger partial charge in [-0.1, -0.05) is 13.3 Å². The van der Waals surface area contributed by atoms with Crippen LogP contribution in [0.5, 0.6) is 0 Å². The standard InChI is InChI=1S/C14H21BrN2O2/c1-2-3-8-19-9-4-7-17-14(18)11-5-6-13(16)12(15)10-11/h5-6,10H,2-4,7-9,16H2,1H3,(H,17,18). The Morgan fingerprint density at radius 2 is 2.11 bits per heavy atom. The number of unbranched alkanes of at least 4 members (excludes halogenated alkanes) is 1. The van der Waals surface area contributed by atoms with Gasteiger partial charge in [-0.15, -0.1) is 0 Å². The van der Waals surface area contributed by atoms with Crippen LogP contribution in [-0.4, -0.2) is 25.7 Å². The third kappa shape index (κ3) is 6.07. The summed E-state index contributed by atoms with van der Waals surface area (Å²) < 4.78 is 6.16. The van der Waals surface area contributed by atoms with Crippen LogP contribution in [0.2, 0.25) is 0 Å². The molecule has 5 heteroatoms. The number of carbonyl (C=O) groups is 1. The molecule has 0 atom stereocenters. The van der Waals surface area contributed by atoms with E-state index >= 15 is 0 Å². The largest absolute Gasteiger partial charge is 0.398 e. The molecule has 1 aromatic carbocycles. The number of nitrogens with two attached hydrogens (primary N) is 1. The highest BCUT2D eigenvalue weighted by Crippen LogP contribution is 2.20. The van der Waals surface area contributed by atoms with Crippen molar-refractivity contribution in [1.82, 2.24) is 5.32 Å². The van der Waals surface area contributed by atoms with Crippen LogP contribution in [0.25, 0.3) is 0 Å². The zero-order valence-corrected chi connectivity index (χ0v) is 12.8. The summed E-state index contributed by atoms with van der Waals surface area (Å²) in [7, 11) is 0. The molecule has 19 heavy (non-hydrogen) atoms. The van der Waals surface area contributed by atoms with Crippen LogP contribution in [0, 0.1) is 0 Å². The van der Waals surface area contributed by atoms with Crippen molar-refractivity contribution in [2.75, 3.05) is 25.5 Å². The third-order valence-electron chi connectivity index (χ3n) is 2.66. The Kier molecular flexibility index (Phi) is 7.52. The number of halogens is 1. The average molecular weight is 329 g/mol. The van der Waals surface area contributed by atoms with Gasteiger partial charge in [0.15, 0.2) is 0 Å². The minimum Gasteiger partial charge on any atom is -0.398 e. The maximum atomic E-state index is 11.8. The molecule has 0 spiro atoms. The van der Waals surface area contributed by atoms with Crippen LogP contribution in [0.3, 0.4) is 0 Å². The number of rotatable bonds is 8. The molecule has 106 valence electrons. The summed E-state index contributed by atoms with van der Waals surface area (Å²) in [5.74, 6) is -0.0886. The van der Waals surface area contributed by atoms with Gasteiger partial charge in [0.1, 0.15) is 0 Å². The molecule has 0 heterocycles. The highest BCUT2D eigenvalue weighted by atomic mass is 79.9. The predicted molar refractivity (Wildman–Crippen MR) is 81.2 cm³/mol. The summed E-state index contributed by atoms with van der Waals surface area (Å²) in [6.07, 6.45) is 3.06. The van der Waals surface area contributed by atoms with Gasteiger partial charge in [0.05, 0.1) is 0 Å². The zero-order chi connectivity index (χ0) is 14.1. The van der Waals surface area contributed by atoms with Crippen LogP contribution in [0.15, 0.2) is 22.7 Å². The lowest BCUT2D eigenvalue weighted by molar-refractivity contribution is 0.0940. The molecular formula is C14H21BrN2O2. The molecule has 1 aromatic rings. The summed E-state index contributed by atoms with van der Waals surface area (Å²) in [6, 6.07) is 5.16. The second kappa shape index (κ2) is 8.93. The summed E-state index contributed by atoms with van der Waals surface area (Å²) in [4.78, 5) is 11.8. The van der Waals surface area contributed by atoms with Gasteiger partial charge in [-0.25, -0.2) is 0 Å². The summed E-state index contributed by atoms with van der Waals surface area (Å²) in [5.41, 5.74) is 6.90. The number of carbonyl (C=O) groups excluding carboxylic acids is 1. The molecule has 0 fully saturated rings. The number of anilines is 1. The van der Waals surface area contributed by atoms with E-state index in [-0.39, 0.29) is 5.91 Å². The van der Waals surface area contributed by atoms with Gasteiger partial charge in [0.25, 0.3) is 5.91 Å². The van der Waals surface area contributed by atoms with Crippen molar-refractivity contribution in [1.29, 1.82) is 0 Å². The molecule has 0 saturated carbocycles. The molecule has 1 rings (SSSR count). The van der Waals surface area contributed by atoms with E-state index in [1.807, 2.05) is 0 Å². The van der Waals surface area contributed by atoms with Crippen molar-refractivity contribution in [2.24, 2.45) is 0 Å². The van der Waals surface area contributed by atoms with E-state index in [1.165, 1.54) is 0 Å². The SMILES string of the molecule is CCCCOCCCNC(=O)c1ccc(N)c(Br)c1. The fourth-order valence-electron chi connectivity index (χ4n) is 1.50. The quantitative estimate of drug-likeness (QED) is 0.569. The van der Waals surface area contributed by atoms with Gasteiger partial charge >= 0.3 is 0 Å². The Labute approximate surface area is 122 Å². The number of benzene rings is 1. The van der Waals surface area contributed by atoms with E-state index in [9.17, 15) is 4.79 Å². The van der Waals surface area contributed by atoms with Gasteiger partial charge < -0.3 is 15.8 Å². The minimum absolute atomic E-state index is 0.0886. The topological polar surface area (TPSA) is 64.3 Å². The van der Waals surface area contributed by atoms with Crippen molar-refractivity contribution in [3.63, 3.8) is 0 Å². The lowest BCUT2D eigenvalue weighted by Gasteiger charge is -2.07. The Hall–Kier alpha value is -1.07. The second-order valence-electron chi connectivity index (χ2n) is 4.31. The fraction of sp³-hybridized carbons (Fsp3) is 0.500. The number of ether oxygens (including phenoxy) is 1. The van der Waals surface area contributed by atoms with E-state index < -0.39 is 0 Å².